The van der Waals surface area contributed by atoms with E-state index in [0.29, 0.717) is 32.1 Å². The van der Waals surface area contributed by atoms with Crippen molar-refractivity contribution in [2.75, 3.05) is 0 Å². The van der Waals surface area contributed by atoms with E-state index in [2.05, 4.69) is 26.7 Å². The fourth-order valence-electron chi connectivity index (χ4n) is 4.86. The molecule has 156 valence electrons. The van der Waals surface area contributed by atoms with Crippen molar-refractivity contribution < 1.29 is 20.1 Å². The van der Waals surface area contributed by atoms with Gasteiger partial charge in [-0.05, 0) is 50.4 Å². The van der Waals surface area contributed by atoms with E-state index in [1.807, 2.05) is 0 Å². The number of carboxylic acids is 1. The second-order valence-corrected chi connectivity index (χ2v) is 8.63. The minimum Gasteiger partial charge on any atom is -0.481 e. The molecule has 0 bridgehead atoms. The van der Waals surface area contributed by atoms with E-state index in [0.717, 1.165) is 38.5 Å². The summed E-state index contributed by atoms with van der Waals surface area (Å²) >= 11 is 0. The van der Waals surface area contributed by atoms with Gasteiger partial charge in [0.05, 0.1) is 12.0 Å². The summed E-state index contributed by atoms with van der Waals surface area (Å²) in [5.74, 6) is 1.35. The van der Waals surface area contributed by atoms with Crippen LogP contribution in [0.2, 0.25) is 0 Å². The molecule has 0 heterocycles. The Kier molecular flexibility index (Phi) is 10.4. The molecule has 1 aliphatic rings. The van der Waals surface area contributed by atoms with Crippen molar-refractivity contribution in [3.63, 3.8) is 0 Å². The molecule has 0 saturated heterocycles. The van der Waals surface area contributed by atoms with Crippen LogP contribution >= 0.6 is 0 Å². The van der Waals surface area contributed by atoms with E-state index < -0.39 is 23.6 Å². The predicted molar refractivity (Wildman–Crippen MR) is 109 cm³/mol. The zero-order valence-electron chi connectivity index (χ0n) is 17.5. The highest BCUT2D eigenvalue weighted by Crippen LogP contribution is 2.46. The van der Waals surface area contributed by atoms with Crippen LogP contribution in [0.4, 0.5) is 0 Å². The molecule has 3 N–H and O–H groups in total. The molecule has 1 aliphatic carbocycles. The zero-order chi connectivity index (χ0) is 20.4. The van der Waals surface area contributed by atoms with Gasteiger partial charge in [-0.15, -0.1) is 6.42 Å². The second-order valence-electron chi connectivity index (χ2n) is 8.63. The predicted octanol–water partition coefficient (Wildman–Crippen LogP) is 4.63. The van der Waals surface area contributed by atoms with Gasteiger partial charge in [0.2, 0.25) is 0 Å². The van der Waals surface area contributed by atoms with Crippen molar-refractivity contribution in [2.24, 2.45) is 23.7 Å². The van der Waals surface area contributed by atoms with Crippen LogP contribution in [-0.4, -0.2) is 33.0 Å². The summed E-state index contributed by atoms with van der Waals surface area (Å²) in [5, 5.41) is 31.1. The van der Waals surface area contributed by atoms with Gasteiger partial charge in [0, 0.05) is 5.92 Å². The lowest BCUT2D eigenvalue weighted by Crippen LogP contribution is -2.35. The van der Waals surface area contributed by atoms with Crippen LogP contribution in [0.1, 0.15) is 91.4 Å². The van der Waals surface area contributed by atoms with Gasteiger partial charge in [-0.3, -0.25) is 4.79 Å². The van der Waals surface area contributed by atoms with Gasteiger partial charge < -0.3 is 15.3 Å². The molecule has 0 spiro atoms. The highest BCUT2D eigenvalue weighted by Gasteiger charge is 2.46. The van der Waals surface area contributed by atoms with Crippen LogP contribution in [-0.2, 0) is 4.79 Å². The number of aliphatic carboxylic acids is 1. The first-order valence-electron chi connectivity index (χ1n) is 10.9. The Hall–Kier alpha value is -1.05. The maximum Gasteiger partial charge on any atom is 0.306 e. The van der Waals surface area contributed by atoms with Gasteiger partial charge in [0.15, 0.2) is 0 Å². The van der Waals surface area contributed by atoms with Crippen molar-refractivity contribution in [3.05, 3.63) is 0 Å². The summed E-state index contributed by atoms with van der Waals surface area (Å²) in [6.07, 6.45) is 14.0. The maximum absolute atomic E-state index is 11.9. The van der Waals surface area contributed by atoms with Gasteiger partial charge >= 0.3 is 5.97 Å². The third-order valence-corrected chi connectivity index (χ3v) is 6.54. The minimum atomic E-state index is -1.12. The average Bonchev–Trinajstić information content (AvgIpc) is 2.90. The zero-order valence-corrected chi connectivity index (χ0v) is 17.5. The Morgan fingerprint density at radius 3 is 2.37 bits per heavy atom. The molecule has 0 unspecified atom stereocenters. The lowest BCUT2D eigenvalue weighted by molar-refractivity contribution is -0.146. The average molecular weight is 381 g/mol. The van der Waals surface area contributed by atoms with Gasteiger partial charge in [0.1, 0.15) is 5.60 Å². The van der Waals surface area contributed by atoms with Gasteiger partial charge in [-0.2, -0.15) is 0 Å². The maximum atomic E-state index is 11.9. The third kappa shape index (κ3) is 7.12. The Bertz CT molecular complexity index is 483. The molecule has 6 atom stereocenters. The molecule has 1 rings (SSSR count). The van der Waals surface area contributed by atoms with Crippen LogP contribution in [0, 0.1) is 36.0 Å². The van der Waals surface area contributed by atoms with E-state index >= 15 is 0 Å². The normalized spacial score (nSPS) is 28.4. The second kappa shape index (κ2) is 11.7. The summed E-state index contributed by atoms with van der Waals surface area (Å²) in [4.78, 5) is 11.9. The molecular weight excluding hydrogens is 340 g/mol. The largest absolute Gasteiger partial charge is 0.481 e. The smallest absolute Gasteiger partial charge is 0.306 e. The Balaban J connectivity index is 2.82. The molecule has 0 aliphatic heterocycles. The molecule has 0 aromatic carbocycles. The van der Waals surface area contributed by atoms with Gasteiger partial charge in [-0.1, -0.05) is 58.8 Å². The summed E-state index contributed by atoms with van der Waals surface area (Å²) in [6, 6.07) is 0. The van der Waals surface area contributed by atoms with E-state index in [1.54, 1.807) is 0 Å². The molecule has 4 heteroatoms. The molecule has 0 aromatic heterocycles. The number of unbranched alkanes of at least 4 members (excludes halogenated alkanes) is 4. The molecule has 0 radical (unpaired) electrons. The molecular formula is C23H40O4. The lowest BCUT2D eigenvalue weighted by atomic mass is 9.74. The first-order chi connectivity index (χ1) is 12.8. The fraction of sp³-hybridized carbons (Fsp3) is 0.870. The van der Waals surface area contributed by atoms with Crippen molar-refractivity contribution in [1.29, 1.82) is 0 Å². The van der Waals surface area contributed by atoms with E-state index in [-0.39, 0.29) is 17.8 Å². The van der Waals surface area contributed by atoms with Gasteiger partial charge in [0.25, 0.3) is 0 Å². The number of carbonyl (C=O) groups is 1. The molecule has 1 fully saturated rings. The summed E-state index contributed by atoms with van der Waals surface area (Å²) in [5.41, 5.74) is -1.12. The molecule has 27 heavy (non-hydrogen) atoms. The molecule has 4 nitrogen and oxygen atoms in total. The highest BCUT2D eigenvalue weighted by atomic mass is 16.4. The van der Waals surface area contributed by atoms with Gasteiger partial charge in [-0.25, -0.2) is 0 Å². The number of terminal acetylenes is 1. The van der Waals surface area contributed by atoms with Crippen LogP contribution < -0.4 is 0 Å². The van der Waals surface area contributed by atoms with E-state index in [1.165, 1.54) is 0 Å². The third-order valence-electron chi connectivity index (χ3n) is 6.54. The number of aliphatic hydroxyl groups is 2. The summed E-state index contributed by atoms with van der Waals surface area (Å²) in [7, 11) is 0. The standard InChI is InChI=1S/C23H40O4/c1-5-8-10-12-19(22(25)26)21-18(17(4)16-20(21)24)13-15-23(27,7-3)14-11-9-6-2/h3,17-21,24,27H,5-6,8-16H2,1-2,4H3,(H,25,26)/t17-,18+,19-,20-,21+,23-/m1/s1. The quantitative estimate of drug-likeness (QED) is 0.322. The number of aliphatic hydroxyl groups excluding tert-OH is 1. The molecule has 0 aromatic rings. The molecule has 1 saturated carbocycles. The lowest BCUT2D eigenvalue weighted by Gasteiger charge is -2.32. The Labute approximate surface area is 165 Å². The minimum absolute atomic E-state index is 0.0915. The van der Waals surface area contributed by atoms with E-state index in [9.17, 15) is 20.1 Å². The topological polar surface area (TPSA) is 77.8 Å². The number of hydrogen-bond donors (Lipinski definition) is 3. The highest BCUT2D eigenvalue weighted by molar-refractivity contribution is 5.70. The van der Waals surface area contributed by atoms with Crippen molar-refractivity contribution in [2.45, 2.75) is 103 Å². The first kappa shape index (κ1) is 24.0. The Morgan fingerprint density at radius 2 is 1.81 bits per heavy atom. The van der Waals surface area contributed by atoms with Crippen LogP contribution in [0.15, 0.2) is 0 Å². The number of carboxylic acid groups (broad SMARTS) is 1. The Morgan fingerprint density at radius 1 is 1.19 bits per heavy atom. The monoisotopic (exact) mass is 380 g/mol. The molecule has 0 amide bonds. The summed E-state index contributed by atoms with van der Waals surface area (Å²) in [6.45, 7) is 6.31. The SMILES string of the molecule is C#C[C@@](O)(CCCCC)CC[C@@H]1[C@@H]([C@@H](CCCCC)C(=O)O)[C@H](O)C[C@H]1C. The van der Waals surface area contributed by atoms with Crippen molar-refractivity contribution >= 4 is 5.97 Å². The summed E-state index contributed by atoms with van der Waals surface area (Å²) < 4.78 is 0. The van der Waals surface area contributed by atoms with Crippen LogP contribution in [0.3, 0.4) is 0 Å². The van der Waals surface area contributed by atoms with Crippen LogP contribution in [0.5, 0.6) is 0 Å². The van der Waals surface area contributed by atoms with Crippen molar-refractivity contribution in [1.82, 2.24) is 0 Å². The number of hydrogen-bond acceptors (Lipinski definition) is 3. The van der Waals surface area contributed by atoms with Crippen LogP contribution in [0.25, 0.3) is 0 Å². The van der Waals surface area contributed by atoms with E-state index in [4.69, 9.17) is 6.42 Å². The first-order valence-corrected chi connectivity index (χ1v) is 10.9. The van der Waals surface area contributed by atoms with Crippen molar-refractivity contribution in [3.8, 4) is 12.3 Å². The fourth-order valence-corrected chi connectivity index (χ4v) is 4.86. The number of rotatable bonds is 13.